The van der Waals surface area contributed by atoms with E-state index in [1.165, 1.54) is 0 Å². The van der Waals surface area contributed by atoms with E-state index in [9.17, 15) is 22.9 Å². The van der Waals surface area contributed by atoms with Crippen molar-refractivity contribution in [1.82, 2.24) is 0 Å². The third-order valence-electron chi connectivity index (χ3n) is 2.53. The van der Waals surface area contributed by atoms with Crippen molar-refractivity contribution in [1.29, 1.82) is 0 Å². The van der Waals surface area contributed by atoms with Crippen LogP contribution in [0, 0.1) is 15.9 Å². The van der Waals surface area contributed by atoms with Crippen molar-refractivity contribution in [3.05, 3.63) is 61.3 Å². The maximum absolute atomic E-state index is 13.2. The number of benzene rings is 2. The molecule has 0 saturated heterocycles. The van der Waals surface area contributed by atoms with E-state index in [2.05, 4.69) is 4.18 Å². The third kappa shape index (κ3) is 3.84. The molecule has 2 rings (SSSR count). The minimum atomic E-state index is -4.66. The summed E-state index contributed by atoms with van der Waals surface area (Å²) in [5.41, 5.74) is -0.740. The van der Waals surface area contributed by atoms with Crippen LogP contribution in [0.2, 0.25) is 15.1 Å². The van der Waals surface area contributed by atoms with Crippen LogP contribution in [-0.2, 0) is 10.1 Å². The van der Waals surface area contributed by atoms with E-state index in [1.54, 1.807) is 0 Å². The monoisotopic (exact) mass is 399 g/mol. The van der Waals surface area contributed by atoms with Gasteiger partial charge in [0.2, 0.25) is 5.75 Å². The van der Waals surface area contributed by atoms with Crippen LogP contribution < -0.4 is 4.18 Å². The second-order valence-corrected chi connectivity index (χ2v) is 6.84. The molecule has 0 unspecified atom stereocenters. The summed E-state index contributed by atoms with van der Waals surface area (Å²) < 4.78 is 42.4. The maximum Gasteiger partial charge on any atom is 0.342 e. The Bertz CT molecular complexity index is 881. The van der Waals surface area contributed by atoms with Crippen molar-refractivity contribution in [2.75, 3.05) is 0 Å². The van der Waals surface area contributed by atoms with E-state index in [0.717, 1.165) is 24.3 Å². The standard InChI is InChI=1S/C12H5Cl3FNO5S/c13-6-3-8(14)12(9(15)4-6)23(20,21)22-11-5-7(16)1-2-10(11)17(18)19/h1-5H. The molecule has 0 bridgehead atoms. The highest BCUT2D eigenvalue weighted by Crippen LogP contribution is 2.36. The summed E-state index contributed by atoms with van der Waals surface area (Å²) in [4.78, 5) is 9.32. The first-order valence-corrected chi connectivity index (χ1v) is 8.19. The fourth-order valence-corrected chi connectivity index (χ4v) is 4.07. The molecule has 0 saturated carbocycles. The second-order valence-electron chi connectivity index (χ2n) is 4.11. The summed E-state index contributed by atoms with van der Waals surface area (Å²) in [7, 11) is -4.66. The molecule has 122 valence electrons. The predicted molar refractivity (Wildman–Crippen MR) is 82.3 cm³/mol. The van der Waals surface area contributed by atoms with Crippen LogP contribution in [0.3, 0.4) is 0 Å². The number of rotatable bonds is 4. The zero-order chi connectivity index (χ0) is 17.4. The van der Waals surface area contributed by atoms with Gasteiger partial charge in [-0.1, -0.05) is 34.8 Å². The van der Waals surface area contributed by atoms with Crippen molar-refractivity contribution < 1.29 is 21.9 Å². The van der Waals surface area contributed by atoms with Gasteiger partial charge in [-0.15, -0.1) is 0 Å². The van der Waals surface area contributed by atoms with Crippen LogP contribution >= 0.6 is 34.8 Å². The van der Waals surface area contributed by atoms with Crippen LogP contribution in [0.1, 0.15) is 0 Å². The maximum atomic E-state index is 13.2. The Morgan fingerprint density at radius 3 is 2.17 bits per heavy atom. The van der Waals surface area contributed by atoms with Gasteiger partial charge < -0.3 is 4.18 Å². The van der Waals surface area contributed by atoms with Crippen molar-refractivity contribution >= 4 is 50.6 Å². The predicted octanol–water partition coefficient (Wildman–Crippen LogP) is 4.46. The first kappa shape index (κ1) is 17.7. The lowest BCUT2D eigenvalue weighted by Crippen LogP contribution is -2.12. The molecule has 6 nitrogen and oxygen atoms in total. The Kier molecular flexibility index (Phi) is 5.00. The highest BCUT2D eigenvalue weighted by atomic mass is 35.5. The average Bonchev–Trinajstić information content (AvgIpc) is 2.35. The number of nitrogens with zero attached hydrogens (tertiary/aromatic N) is 1. The van der Waals surface area contributed by atoms with Crippen LogP contribution in [-0.4, -0.2) is 13.3 Å². The van der Waals surface area contributed by atoms with Gasteiger partial charge in [-0.05, 0) is 18.2 Å². The van der Waals surface area contributed by atoms with Crippen LogP contribution in [0.5, 0.6) is 5.75 Å². The largest absolute Gasteiger partial charge is 0.371 e. The fourth-order valence-electron chi connectivity index (χ4n) is 1.63. The Balaban J connectivity index is 2.56. The van der Waals surface area contributed by atoms with E-state index >= 15 is 0 Å². The molecule has 0 aliphatic heterocycles. The molecule has 0 radical (unpaired) electrons. The Morgan fingerprint density at radius 2 is 1.65 bits per heavy atom. The highest BCUT2D eigenvalue weighted by molar-refractivity contribution is 7.87. The van der Waals surface area contributed by atoms with Crippen LogP contribution in [0.25, 0.3) is 0 Å². The molecule has 0 spiro atoms. The number of nitro groups is 1. The second kappa shape index (κ2) is 6.48. The molecule has 0 heterocycles. The van der Waals surface area contributed by atoms with E-state index in [0.29, 0.717) is 6.07 Å². The van der Waals surface area contributed by atoms with Crippen molar-refractivity contribution in [2.24, 2.45) is 0 Å². The first-order valence-electron chi connectivity index (χ1n) is 5.65. The highest BCUT2D eigenvalue weighted by Gasteiger charge is 2.28. The zero-order valence-electron chi connectivity index (χ0n) is 10.8. The van der Waals surface area contributed by atoms with Gasteiger partial charge in [0, 0.05) is 17.2 Å². The molecule has 0 amide bonds. The van der Waals surface area contributed by atoms with Gasteiger partial charge in [-0.25, -0.2) is 4.39 Å². The quantitative estimate of drug-likeness (QED) is 0.429. The lowest BCUT2D eigenvalue weighted by Gasteiger charge is -2.10. The molecule has 2 aromatic carbocycles. The Morgan fingerprint density at radius 1 is 1.09 bits per heavy atom. The van der Waals surface area contributed by atoms with Crippen molar-refractivity contribution in [3.63, 3.8) is 0 Å². The first-order chi connectivity index (χ1) is 10.6. The van der Waals surface area contributed by atoms with Crippen molar-refractivity contribution in [3.8, 4) is 5.75 Å². The van der Waals surface area contributed by atoms with Gasteiger partial charge in [0.25, 0.3) is 0 Å². The van der Waals surface area contributed by atoms with Gasteiger partial charge in [0.15, 0.2) is 0 Å². The van der Waals surface area contributed by atoms with Gasteiger partial charge in [0.1, 0.15) is 10.7 Å². The van der Waals surface area contributed by atoms with Gasteiger partial charge in [-0.3, -0.25) is 10.1 Å². The van der Waals surface area contributed by atoms with Gasteiger partial charge >= 0.3 is 15.8 Å². The summed E-state index contributed by atoms with van der Waals surface area (Å²) in [6.07, 6.45) is 0. The minimum absolute atomic E-state index is 0.0793. The third-order valence-corrected chi connectivity index (χ3v) is 4.91. The van der Waals surface area contributed by atoms with Crippen molar-refractivity contribution in [2.45, 2.75) is 4.90 Å². The Labute approximate surface area is 144 Å². The van der Waals surface area contributed by atoms with E-state index in [1.807, 2.05) is 0 Å². The number of halogens is 4. The normalized spacial score (nSPS) is 11.3. The molecule has 0 N–H and O–H groups in total. The van der Waals surface area contributed by atoms with E-state index in [4.69, 9.17) is 34.8 Å². The molecule has 0 aliphatic carbocycles. The molecule has 0 fully saturated rings. The molecular weight excluding hydrogens is 396 g/mol. The van der Waals surface area contributed by atoms with Crippen LogP contribution in [0.15, 0.2) is 35.2 Å². The van der Waals surface area contributed by atoms with Gasteiger partial charge in [-0.2, -0.15) is 8.42 Å². The summed E-state index contributed by atoms with van der Waals surface area (Å²) in [5.74, 6) is -1.73. The van der Waals surface area contributed by atoms with Gasteiger partial charge in [0.05, 0.1) is 15.0 Å². The molecule has 2 aromatic rings. The summed E-state index contributed by atoms with van der Waals surface area (Å²) in [5, 5.41) is 10.3. The van der Waals surface area contributed by atoms with Crippen LogP contribution in [0.4, 0.5) is 10.1 Å². The molecule has 23 heavy (non-hydrogen) atoms. The minimum Gasteiger partial charge on any atom is -0.371 e. The summed E-state index contributed by atoms with van der Waals surface area (Å²) >= 11 is 17.2. The topological polar surface area (TPSA) is 86.5 Å². The van der Waals surface area contributed by atoms with E-state index in [-0.39, 0.29) is 15.1 Å². The Hall–Kier alpha value is -1.61. The van der Waals surface area contributed by atoms with E-state index < -0.39 is 37.2 Å². The summed E-state index contributed by atoms with van der Waals surface area (Å²) in [6.45, 7) is 0. The molecule has 11 heteroatoms. The smallest absolute Gasteiger partial charge is 0.342 e. The lowest BCUT2D eigenvalue weighted by molar-refractivity contribution is -0.385. The molecule has 0 atom stereocenters. The number of nitro benzene ring substituents is 1. The lowest BCUT2D eigenvalue weighted by atomic mass is 10.3. The SMILES string of the molecule is O=[N+]([O-])c1ccc(F)cc1OS(=O)(=O)c1c(Cl)cc(Cl)cc1Cl. The number of hydrogen-bond acceptors (Lipinski definition) is 5. The zero-order valence-corrected chi connectivity index (χ0v) is 13.9. The fraction of sp³-hybridized carbons (Fsp3) is 0. The average molecular weight is 401 g/mol. The summed E-state index contributed by atoms with van der Waals surface area (Å²) in [6, 6.07) is 4.33. The molecule has 0 aliphatic rings. The molecule has 0 aromatic heterocycles. The number of hydrogen-bond donors (Lipinski definition) is 0. The molecular formula is C12H5Cl3FNO5S.